The fraction of sp³-hybridized carbons (Fsp3) is 0.556. The first kappa shape index (κ1) is 9.73. The van der Waals surface area contributed by atoms with Crippen molar-refractivity contribution in [3.8, 4) is 0 Å². The van der Waals surface area contributed by atoms with Gasteiger partial charge in [-0.2, -0.15) is 11.8 Å². The summed E-state index contributed by atoms with van der Waals surface area (Å²) in [5, 5.41) is 0. The van der Waals surface area contributed by atoms with Gasteiger partial charge in [0.15, 0.2) is 0 Å². The monoisotopic (exact) mass is 211 g/mol. The van der Waals surface area contributed by atoms with Crippen LogP contribution in [0.4, 0.5) is 0 Å². The molecule has 0 saturated carbocycles. The predicted octanol–water partition coefficient (Wildman–Crippen LogP) is 0.0604. The van der Waals surface area contributed by atoms with Crippen molar-refractivity contribution in [2.75, 3.05) is 12.3 Å². The molecule has 0 atom stereocenters. The van der Waals surface area contributed by atoms with E-state index in [1.54, 1.807) is 11.8 Å². The summed E-state index contributed by atoms with van der Waals surface area (Å²) in [6.07, 6.45) is 1.55. The van der Waals surface area contributed by atoms with Crippen LogP contribution < -0.4 is 11.3 Å². The Bertz CT molecular complexity index is 388. The van der Waals surface area contributed by atoms with Crippen LogP contribution in [-0.4, -0.2) is 22.3 Å². The van der Waals surface area contributed by atoms with Crippen molar-refractivity contribution in [2.45, 2.75) is 18.6 Å². The van der Waals surface area contributed by atoms with Gasteiger partial charge in [0.1, 0.15) is 5.82 Å². The number of aryl methyl sites for hydroxylation is 1. The van der Waals surface area contributed by atoms with Gasteiger partial charge in [-0.1, -0.05) is 0 Å². The van der Waals surface area contributed by atoms with Crippen molar-refractivity contribution in [3.05, 3.63) is 27.4 Å². The van der Waals surface area contributed by atoms with Crippen LogP contribution in [-0.2, 0) is 18.6 Å². The second kappa shape index (κ2) is 4.14. The van der Waals surface area contributed by atoms with E-state index in [2.05, 4.69) is 9.97 Å². The number of nitrogens with zero attached hydrogens (tertiary/aromatic N) is 1. The molecule has 0 unspecified atom stereocenters. The number of thioether (sulfide) groups is 1. The lowest BCUT2D eigenvalue weighted by Crippen LogP contribution is -2.23. The first-order valence-corrected chi connectivity index (χ1v) is 5.85. The Morgan fingerprint density at radius 2 is 2.43 bits per heavy atom. The summed E-state index contributed by atoms with van der Waals surface area (Å²) in [5.74, 6) is 2.58. The smallest absolute Gasteiger partial charge is 0.255 e. The molecule has 4 nitrogen and oxygen atoms in total. The minimum absolute atomic E-state index is 0.0191. The molecule has 0 aromatic carbocycles. The Kier molecular flexibility index (Phi) is 2.88. The second-order valence-electron chi connectivity index (χ2n) is 3.28. The molecule has 0 bridgehead atoms. The number of hydrogen-bond acceptors (Lipinski definition) is 4. The van der Waals surface area contributed by atoms with Crippen LogP contribution in [0.25, 0.3) is 0 Å². The molecule has 1 aromatic rings. The molecule has 1 aliphatic heterocycles. The largest absolute Gasteiger partial charge is 0.330 e. The van der Waals surface area contributed by atoms with Gasteiger partial charge >= 0.3 is 0 Å². The molecule has 2 heterocycles. The second-order valence-corrected chi connectivity index (χ2v) is 4.38. The Morgan fingerprint density at radius 1 is 1.57 bits per heavy atom. The fourth-order valence-electron chi connectivity index (χ4n) is 1.55. The highest BCUT2D eigenvalue weighted by Crippen LogP contribution is 2.19. The van der Waals surface area contributed by atoms with E-state index in [0.29, 0.717) is 13.0 Å². The highest BCUT2D eigenvalue weighted by molar-refractivity contribution is 7.98. The molecule has 0 fully saturated rings. The van der Waals surface area contributed by atoms with Gasteiger partial charge in [0.25, 0.3) is 5.56 Å². The van der Waals surface area contributed by atoms with Crippen molar-refractivity contribution in [2.24, 2.45) is 5.73 Å². The van der Waals surface area contributed by atoms with E-state index in [9.17, 15) is 4.79 Å². The Hall–Kier alpha value is -0.810. The van der Waals surface area contributed by atoms with Crippen LogP contribution in [0.15, 0.2) is 4.79 Å². The molecule has 1 aliphatic rings. The van der Waals surface area contributed by atoms with Crippen LogP contribution in [0.5, 0.6) is 0 Å². The number of aromatic nitrogens is 2. The molecule has 2 rings (SSSR count). The summed E-state index contributed by atoms with van der Waals surface area (Å²) in [6, 6.07) is 0. The summed E-state index contributed by atoms with van der Waals surface area (Å²) >= 11 is 1.79. The van der Waals surface area contributed by atoms with Gasteiger partial charge in [-0.25, -0.2) is 4.98 Å². The summed E-state index contributed by atoms with van der Waals surface area (Å²) in [5.41, 5.74) is 7.26. The number of aromatic amines is 1. The summed E-state index contributed by atoms with van der Waals surface area (Å²) in [7, 11) is 0. The summed E-state index contributed by atoms with van der Waals surface area (Å²) < 4.78 is 0. The predicted molar refractivity (Wildman–Crippen MR) is 57.5 cm³/mol. The third kappa shape index (κ3) is 1.83. The number of nitrogens with one attached hydrogen (secondary N) is 1. The van der Waals surface area contributed by atoms with Gasteiger partial charge in [-0.05, 0) is 18.7 Å². The lowest BCUT2D eigenvalue weighted by atomic mass is 10.2. The van der Waals surface area contributed by atoms with Gasteiger partial charge < -0.3 is 10.7 Å². The molecule has 0 amide bonds. The zero-order chi connectivity index (χ0) is 9.97. The van der Waals surface area contributed by atoms with E-state index < -0.39 is 0 Å². The van der Waals surface area contributed by atoms with Gasteiger partial charge in [0, 0.05) is 17.7 Å². The molecule has 5 heteroatoms. The van der Waals surface area contributed by atoms with E-state index in [1.807, 2.05) is 0 Å². The number of rotatable bonds is 2. The van der Waals surface area contributed by atoms with Crippen molar-refractivity contribution in [3.63, 3.8) is 0 Å². The molecule has 0 saturated heterocycles. The lowest BCUT2D eigenvalue weighted by molar-refractivity contribution is 0.812. The van der Waals surface area contributed by atoms with E-state index in [0.717, 1.165) is 35.0 Å². The first-order chi connectivity index (χ1) is 6.81. The summed E-state index contributed by atoms with van der Waals surface area (Å²) in [6.45, 7) is 0.524. The third-order valence-corrected chi connectivity index (χ3v) is 3.25. The van der Waals surface area contributed by atoms with Gasteiger partial charge in [0.05, 0.1) is 5.69 Å². The molecular weight excluding hydrogens is 198 g/mol. The Morgan fingerprint density at radius 3 is 3.21 bits per heavy atom. The van der Waals surface area contributed by atoms with Gasteiger partial charge in [0.2, 0.25) is 0 Å². The molecule has 3 N–H and O–H groups in total. The lowest BCUT2D eigenvalue weighted by Gasteiger charge is -2.13. The van der Waals surface area contributed by atoms with E-state index in [4.69, 9.17) is 5.73 Å². The SMILES string of the molecule is NCCc1nc2c(c(=O)[nH]1)CSCC2. The van der Waals surface area contributed by atoms with Crippen molar-refractivity contribution in [1.29, 1.82) is 0 Å². The molecule has 76 valence electrons. The average Bonchev–Trinajstić information content (AvgIpc) is 2.18. The topological polar surface area (TPSA) is 71.8 Å². The van der Waals surface area contributed by atoms with Crippen molar-refractivity contribution in [1.82, 2.24) is 9.97 Å². The maximum absolute atomic E-state index is 11.6. The number of H-pyrrole nitrogens is 1. The van der Waals surface area contributed by atoms with Crippen molar-refractivity contribution >= 4 is 11.8 Å². The maximum Gasteiger partial charge on any atom is 0.255 e. The molecule has 1 aromatic heterocycles. The summed E-state index contributed by atoms with van der Waals surface area (Å²) in [4.78, 5) is 18.8. The molecule has 0 aliphatic carbocycles. The third-order valence-electron chi connectivity index (χ3n) is 2.26. The van der Waals surface area contributed by atoms with Gasteiger partial charge in [-0.3, -0.25) is 4.79 Å². The molecular formula is C9H13N3OS. The quantitative estimate of drug-likeness (QED) is 0.725. The number of fused-ring (bicyclic) bond motifs is 1. The van der Waals surface area contributed by atoms with Crippen LogP contribution in [0.3, 0.4) is 0 Å². The standard InChI is InChI=1S/C9H13N3OS/c10-3-1-8-11-7-2-4-14-5-6(7)9(13)12-8/h1-5,10H2,(H,11,12,13). The first-order valence-electron chi connectivity index (χ1n) is 4.70. The minimum atomic E-state index is 0.0191. The van der Waals surface area contributed by atoms with Gasteiger partial charge in [-0.15, -0.1) is 0 Å². The molecule has 0 spiro atoms. The highest BCUT2D eigenvalue weighted by atomic mass is 32.2. The van der Waals surface area contributed by atoms with Crippen LogP contribution in [0.1, 0.15) is 17.1 Å². The van der Waals surface area contributed by atoms with Crippen molar-refractivity contribution < 1.29 is 0 Å². The van der Waals surface area contributed by atoms with Crippen LogP contribution in [0, 0.1) is 0 Å². The zero-order valence-corrected chi connectivity index (χ0v) is 8.69. The fourth-order valence-corrected chi connectivity index (χ4v) is 2.53. The normalized spacial score (nSPS) is 15.2. The van der Waals surface area contributed by atoms with E-state index in [-0.39, 0.29) is 5.56 Å². The average molecular weight is 211 g/mol. The highest BCUT2D eigenvalue weighted by Gasteiger charge is 2.15. The van der Waals surface area contributed by atoms with E-state index >= 15 is 0 Å². The maximum atomic E-state index is 11.6. The minimum Gasteiger partial charge on any atom is -0.330 e. The molecule has 14 heavy (non-hydrogen) atoms. The molecule has 0 radical (unpaired) electrons. The van der Waals surface area contributed by atoms with Crippen LogP contribution >= 0.6 is 11.8 Å². The Labute approximate surface area is 86.3 Å². The van der Waals surface area contributed by atoms with E-state index in [1.165, 1.54) is 0 Å². The van der Waals surface area contributed by atoms with Crippen LogP contribution in [0.2, 0.25) is 0 Å². The number of nitrogens with two attached hydrogens (primary N) is 1. The Balaban J connectivity index is 2.41. The number of hydrogen-bond donors (Lipinski definition) is 2. The zero-order valence-electron chi connectivity index (χ0n) is 7.88.